The molecular weight excluding hydrogens is 164 g/mol. The maximum absolute atomic E-state index is 10.8. The van der Waals surface area contributed by atoms with Crippen LogP contribution in [0, 0.1) is 0 Å². The van der Waals surface area contributed by atoms with Crippen LogP contribution in [0.5, 0.6) is 0 Å². The Balaban J connectivity index is 3.96. The monoisotopic (exact) mass is 174 g/mol. The molecule has 0 saturated heterocycles. The number of rotatable bonds is 4. The summed E-state index contributed by atoms with van der Waals surface area (Å²) in [6.45, 7) is 0. The van der Waals surface area contributed by atoms with Crippen molar-refractivity contribution in [3.63, 3.8) is 0 Å². The van der Waals surface area contributed by atoms with Gasteiger partial charge in [-0.15, -0.1) is 0 Å². The fraction of sp³-hybridized carbons (Fsp3) is 0.333. The molecule has 0 rings (SSSR count). The number of carbonyl (C=O) groups is 2. The Morgan fingerprint density at radius 3 is 2.36 bits per heavy atom. The van der Waals surface area contributed by atoms with Gasteiger partial charge in [-0.2, -0.15) is 12.6 Å². The van der Waals surface area contributed by atoms with E-state index in [0.29, 0.717) is 0 Å². The van der Waals surface area contributed by atoms with Crippen LogP contribution in [0.25, 0.3) is 0 Å². The molecule has 11 heavy (non-hydrogen) atoms. The number of hydrogen-bond donors (Lipinski definition) is 3. The molecule has 4 N–H and O–H groups in total. The summed E-state index contributed by atoms with van der Waals surface area (Å²) in [4.78, 5) is 20.9. The summed E-state index contributed by atoms with van der Waals surface area (Å²) in [7, 11) is 0. The molecule has 0 saturated carbocycles. The molecule has 0 bridgehead atoms. The van der Waals surface area contributed by atoms with Gasteiger partial charge in [0.2, 0.25) is 5.91 Å². The first-order valence-corrected chi connectivity index (χ1v) is 3.59. The number of ketones is 1. The lowest BCUT2D eigenvalue weighted by atomic mass is 10.2. The van der Waals surface area contributed by atoms with E-state index in [4.69, 9.17) is 11.5 Å². The van der Waals surface area contributed by atoms with Crippen molar-refractivity contribution in [3.05, 3.63) is 12.2 Å². The van der Waals surface area contributed by atoms with Crippen LogP contribution in [-0.2, 0) is 9.59 Å². The predicted molar refractivity (Wildman–Crippen MR) is 45.2 cm³/mol. The first kappa shape index (κ1) is 10.2. The van der Waals surface area contributed by atoms with Gasteiger partial charge in [0.1, 0.15) is 0 Å². The lowest BCUT2D eigenvalue weighted by Crippen LogP contribution is -2.30. The average molecular weight is 174 g/mol. The topological polar surface area (TPSA) is 86.2 Å². The maximum Gasteiger partial charge on any atom is 0.241 e. The van der Waals surface area contributed by atoms with Gasteiger partial charge < -0.3 is 11.5 Å². The third-order valence-corrected chi connectivity index (χ3v) is 1.37. The van der Waals surface area contributed by atoms with E-state index < -0.39 is 11.9 Å². The van der Waals surface area contributed by atoms with Crippen molar-refractivity contribution in [2.45, 2.75) is 6.04 Å². The molecule has 0 aliphatic heterocycles. The van der Waals surface area contributed by atoms with Crippen LogP contribution >= 0.6 is 12.6 Å². The first-order valence-electron chi connectivity index (χ1n) is 2.95. The fourth-order valence-corrected chi connectivity index (χ4v) is 0.558. The van der Waals surface area contributed by atoms with Crippen LogP contribution in [-0.4, -0.2) is 23.5 Å². The second-order valence-electron chi connectivity index (χ2n) is 1.93. The van der Waals surface area contributed by atoms with Crippen molar-refractivity contribution in [1.82, 2.24) is 0 Å². The van der Waals surface area contributed by atoms with Gasteiger partial charge in [-0.3, -0.25) is 9.59 Å². The van der Waals surface area contributed by atoms with E-state index in [1.54, 1.807) is 0 Å². The zero-order valence-electron chi connectivity index (χ0n) is 5.86. The van der Waals surface area contributed by atoms with Crippen LogP contribution in [0.4, 0.5) is 0 Å². The molecule has 0 spiro atoms. The Morgan fingerprint density at radius 1 is 1.45 bits per heavy atom. The highest BCUT2D eigenvalue weighted by molar-refractivity contribution is 7.80. The van der Waals surface area contributed by atoms with Crippen molar-refractivity contribution < 1.29 is 9.59 Å². The van der Waals surface area contributed by atoms with Crippen LogP contribution in [0.15, 0.2) is 12.2 Å². The molecule has 0 heterocycles. The minimum absolute atomic E-state index is 0.252. The number of hydrogen-bond acceptors (Lipinski definition) is 4. The zero-order valence-corrected chi connectivity index (χ0v) is 6.75. The largest absolute Gasteiger partial charge is 0.366 e. The van der Waals surface area contributed by atoms with Crippen LogP contribution in [0.2, 0.25) is 0 Å². The molecule has 0 aliphatic carbocycles. The molecule has 0 aliphatic rings. The zero-order chi connectivity index (χ0) is 8.85. The Morgan fingerprint density at radius 2 is 2.00 bits per heavy atom. The van der Waals surface area contributed by atoms with Crippen LogP contribution in [0.3, 0.4) is 0 Å². The molecule has 4 nitrogen and oxygen atoms in total. The molecule has 0 aromatic rings. The second kappa shape index (κ2) is 4.92. The van der Waals surface area contributed by atoms with Gasteiger partial charge in [-0.05, 0) is 6.08 Å². The van der Waals surface area contributed by atoms with Crippen LogP contribution < -0.4 is 11.5 Å². The molecule has 0 aromatic heterocycles. The fourth-order valence-electron chi connectivity index (χ4n) is 0.378. The molecule has 0 radical (unpaired) electrons. The third-order valence-electron chi connectivity index (χ3n) is 0.974. The summed E-state index contributed by atoms with van der Waals surface area (Å²) < 4.78 is 0. The predicted octanol–water partition coefficient (Wildman–Crippen LogP) is -1.15. The lowest BCUT2D eigenvalue weighted by Gasteiger charge is -2.00. The summed E-state index contributed by atoms with van der Waals surface area (Å²) in [5, 5.41) is 0. The minimum atomic E-state index is -0.662. The standard InChI is InChI=1S/C6H10N2O2S/c7-4(3-11)5(9)1-2-6(8)10/h1-2,4,11H,3,7H2,(H2,8,10)/t4-/m0/s1. The second-order valence-corrected chi connectivity index (χ2v) is 2.29. The number of nitrogens with two attached hydrogens (primary N) is 2. The maximum atomic E-state index is 10.8. The Hall–Kier alpha value is -0.810. The third kappa shape index (κ3) is 4.58. The van der Waals surface area contributed by atoms with E-state index in [1.165, 1.54) is 0 Å². The van der Waals surface area contributed by atoms with Gasteiger partial charge in [0.25, 0.3) is 0 Å². The highest BCUT2D eigenvalue weighted by Crippen LogP contribution is 1.87. The highest BCUT2D eigenvalue weighted by atomic mass is 32.1. The molecule has 0 aromatic carbocycles. The van der Waals surface area contributed by atoms with Gasteiger partial charge in [-0.1, -0.05) is 0 Å². The highest BCUT2D eigenvalue weighted by Gasteiger charge is 2.06. The van der Waals surface area contributed by atoms with Crippen molar-refractivity contribution in [2.24, 2.45) is 11.5 Å². The van der Waals surface area contributed by atoms with E-state index in [1.807, 2.05) is 0 Å². The molecular formula is C6H10N2O2S. The Labute approximate surface area is 70.0 Å². The Bertz CT molecular complexity index is 191. The Kier molecular flexibility index (Phi) is 4.56. The lowest BCUT2D eigenvalue weighted by molar-refractivity contribution is -0.116. The van der Waals surface area contributed by atoms with Gasteiger partial charge >= 0.3 is 0 Å². The number of thiol groups is 1. The summed E-state index contributed by atoms with van der Waals surface area (Å²) in [6, 6.07) is -0.658. The summed E-state index contributed by atoms with van der Waals surface area (Å²) >= 11 is 3.80. The summed E-state index contributed by atoms with van der Waals surface area (Å²) in [6.07, 6.45) is 2.04. The minimum Gasteiger partial charge on any atom is -0.366 e. The van der Waals surface area contributed by atoms with Gasteiger partial charge in [0, 0.05) is 11.8 Å². The van der Waals surface area contributed by atoms with Crippen molar-refractivity contribution in [3.8, 4) is 0 Å². The average Bonchev–Trinajstić information content (AvgIpc) is 1.98. The van der Waals surface area contributed by atoms with Crippen LogP contribution in [0.1, 0.15) is 0 Å². The van der Waals surface area contributed by atoms with E-state index in [-0.39, 0.29) is 11.5 Å². The van der Waals surface area contributed by atoms with Crippen molar-refractivity contribution >= 4 is 24.3 Å². The summed E-state index contributed by atoms with van der Waals surface area (Å²) in [5.41, 5.74) is 10.0. The van der Waals surface area contributed by atoms with E-state index in [2.05, 4.69) is 12.6 Å². The SMILES string of the molecule is NC(=O)C=CC(=O)[C@@H](N)CS. The van der Waals surface area contributed by atoms with Gasteiger partial charge in [-0.25, -0.2) is 0 Å². The molecule has 62 valence electrons. The van der Waals surface area contributed by atoms with Crippen molar-refractivity contribution in [2.75, 3.05) is 5.75 Å². The van der Waals surface area contributed by atoms with Gasteiger partial charge in [0.15, 0.2) is 5.78 Å². The molecule has 5 heteroatoms. The van der Waals surface area contributed by atoms with E-state index >= 15 is 0 Å². The van der Waals surface area contributed by atoms with E-state index in [0.717, 1.165) is 12.2 Å². The van der Waals surface area contributed by atoms with Crippen molar-refractivity contribution in [1.29, 1.82) is 0 Å². The first-order chi connectivity index (χ1) is 5.07. The summed E-state index contributed by atoms with van der Waals surface area (Å²) in [5.74, 6) is -0.759. The molecule has 1 atom stereocenters. The molecule has 0 fully saturated rings. The normalized spacial score (nSPS) is 13.3. The number of primary amides is 1. The van der Waals surface area contributed by atoms with E-state index in [9.17, 15) is 9.59 Å². The number of amides is 1. The molecule has 0 unspecified atom stereocenters. The smallest absolute Gasteiger partial charge is 0.241 e. The van der Waals surface area contributed by atoms with Gasteiger partial charge in [0.05, 0.1) is 6.04 Å². The molecule has 1 amide bonds. The number of carbonyl (C=O) groups excluding carboxylic acids is 2. The quantitative estimate of drug-likeness (QED) is 0.372.